The fraction of sp³-hybridized carbons (Fsp3) is 0.824. The molecule has 0 aromatic rings. The van der Waals surface area contributed by atoms with Crippen LogP contribution in [-0.2, 0) is 4.79 Å². The summed E-state index contributed by atoms with van der Waals surface area (Å²) >= 11 is 0. The van der Waals surface area contributed by atoms with E-state index in [1.807, 2.05) is 0 Å². The van der Waals surface area contributed by atoms with Gasteiger partial charge in [-0.2, -0.15) is 0 Å². The summed E-state index contributed by atoms with van der Waals surface area (Å²) in [6.45, 7) is 3.12. The van der Waals surface area contributed by atoms with Crippen LogP contribution in [-0.4, -0.2) is 12.5 Å². The number of allylic oxidation sites excluding steroid dienone is 1. The van der Waals surface area contributed by atoms with Gasteiger partial charge in [0, 0.05) is 6.54 Å². The third-order valence-electron chi connectivity index (χ3n) is 3.92. The Kier molecular flexibility index (Phi) is 9.48. The second kappa shape index (κ2) is 11.1. The molecule has 1 fully saturated rings. The first-order chi connectivity index (χ1) is 9.34. The highest BCUT2D eigenvalue weighted by Crippen LogP contribution is 2.15. The summed E-state index contributed by atoms with van der Waals surface area (Å²) in [5, 5.41) is 2.99. The summed E-state index contributed by atoms with van der Waals surface area (Å²) in [6.07, 6.45) is 18.3. The zero-order chi connectivity index (χ0) is 13.8. The largest absolute Gasteiger partial charge is 0.356 e. The first-order valence-corrected chi connectivity index (χ1v) is 8.29. The molecule has 1 saturated heterocycles. The van der Waals surface area contributed by atoms with Crippen molar-refractivity contribution in [3.05, 3.63) is 12.2 Å². The van der Waals surface area contributed by atoms with E-state index >= 15 is 0 Å². The number of amides is 1. The van der Waals surface area contributed by atoms with Crippen LogP contribution in [0.15, 0.2) is 12.2 Å². The minimum Gasteiger partial charge on any atom is -0.356 e. The molecule has 1 heterocycles. The van der Waals surface area contributed by atoms with Gasteiger partial charge in [-0.25, -0.2) is 0 Å². The molecule has 1 N–H and O–H groups in total. The van der Waals surface area contributed by atoms with Gasteiger partial charge in [-0.15, -0.1) is 0 Å². The molecule has 0 saturated carbocycles. The highest BCUT2D eigenvalue weighted by atomic mass is 16.1. The van der Waals surface area contributed by atoms with Crippen molar-refractivity contribution < 1.29 is 4.79 Å². The molecule has 1 aliphatic rings. The Labute approximate surface area is 119 Å². The molecule has 0 aromatic carbocycles. The topological polar surface area (TPSA) is 29.1 Å². The second-order valence-electron chi connectivity index (χ2n) is 5.73. The van der Waals surface area contributed by atoms with Gasteiger partial charge < -0.3 is 5.32 Å². The fourth-order valence-electron chi connectivity index (χ4n) is 2.63. The van der Waals surface area contributed by atoms with Gasteiger partial charge in [0.15, 0.2) is 0 Å². The van der Waals surface area contributed by atoms with Crippen LogP contribution >= 0.6 is 0 Å². The smallest absolute Gasteiger partial charge is 0.226 e. The van der Waals surface area contributed by atoms with Crippen molar-refractivity contribution in [1.82, 2.24) is 5.32 Å². The van der Waals surface area contributed by atoms with E-state index in [9.17, 15) is 4.79 Å². The number of hydrogen-bond donors (Lipinski definition) is 1. The van der Waals surface area contributed by atoms with Gasteiger partial charge in [0.1, 0.15) is 0 Å². The molecule has 1 aliphatic heterocycles. The van der Waals surface area contributed by atoms with Gasteiger partial charge in [-0.1, -0.05) is 64.0 Å². The van der Waals surface area contributed by atoms with Crippen molar-refractivity contribution in [2.45, 2.75) is 77.6 Å². The maximum absolute atomic E-state index is 11.7. The Balaban J connectivity index is 2.01. The SMILES string of the molecule is CCCCCCCCCC=CC1CCCCNC1=O. The lowest BCUT2D eigenvalue weighted by Gasteiger charge is -2.07. The summed E-state index contributed by atoms with van der Waals surface area (Å²) in [4.78, 5) is 11.7. The Hall–Kier alpha value is -0.790. The van der Waals surface area contributed by atoms with E-state index in [2.05, 4.69) is 24.4 Å². The molecule has 0 bridgehead atoms. The van der Waals surface area contributed by atoms with Gasteiger partial charge >= 0.3 is 0 Å². The molecule has 1 atom stereocenters. The lowest BCUT2D eigenvalue weighted by molar-refractivity contribution is -0.123. The minimum atomic E-state index is 0.132. The van der Waals surface area contributed by atoms with Crippen LogP contribution in [0, 0.1) is 5.92 Å². The Morgan fingerprint density at radius 3 is 2.63 bits per heavy atom. The predicted octanol–water partition coefficient (Wildman–Crippen LogP) is 4.60. The quantitative estimate of drug-likeness (QED) is 0.479. The first-order valence-electron chi connectivity index (χ1n) is 8.29. The number of carbonyl (C=O) groups is 1. The van der Waals surface area contributed by atoms with Crippen LogP contribution in [0.25, 0.3) is 0 Å². The monoisotopic (exact) mass is 265 g/mol. The lowest BCUT2D eigenvalue weighted by atomic mass is 10.0. The Morgan fingerprint density at radius 1 is 1.11 bits per heavy atom. The minimum absolute atomic E-state index is 0.132. The summed E-state index contributed by atoms with van der Waals surface area (Å²) < 4.78 is 0. The molecular formula is C17H31NO. The molecule has 0 spiro atoms. The van der Waals surface area contributed by atoms with Crippen LogP contribution < -0.4 is 5.32 Å². The van der Waals surface area contributed by atoms with E-state index in [0.717, 1.165) is 25.8 Å². The van der Waals surface area contributed by atoms with E-state index < -0.39 is 0 Å². The summed E-state index contributed by atoms with van der Waals surface area (Å²) in [5.41, 5.74) is 0. The van der Waals surface area contributed by atoms with Crippen molar-refractivity contribution in [3.63, 3.8) is 0 Å². The molecule has 1 unspecified atom stereocenters. The van der Waals surface area contributed by atoms with E-state index in [1.165, 1.54) is 51.4 Å². The highest BCUT2D eigenvalue weighted by molar-refractivity contribution is 5.80. The van der Waals surface area contributed by atoms with Crippen LogP contribution in [0.3, 0.4) is 0 Å². The molecule has 1 rings (SSSR count). The van der Waals surface area contributed by atoms with Crippen molar-refractivity contribution in [2.24, 2.45) is 5.92 Å². The van der Waals surface area contributed by atoms with Gasteiger partial charge in [0.05, 0.1) is 5.92 Å². The second-order valence-corrected chi connectivity index (χ2v) is 5.73. The predicted molar refractivity (Wildman–Crippen MR) is 82.1 cm³/mol. The van der Waals surface area contributed by atoms with Gasteiger partial charge in [0.2, 0.25) is 5.91 Å². The summed E-state index contributed by atoms with van der Waals surface area (Å²) in [5.74, 6) is 0.361. The van der Waals surface area contributed by atoms with Crippen LogP contribution in [0.1, 0.15) is 77.6 Å². The maximum Gasteiger partial charge on any atom is 0.226 e. The van der Waals surface area contributed by atoms with Crippen LogP contribution in [0.4, 0.5) is 0 Å². The van der Waals surface area contributed by atoms with E-state index in [0.29, 0.717) is 0 Å². The number of unbranched alkanes of at least 4 members (excludes halogenated alkanes) is 7. The third-order valence-corrected chi connectivity index (χ3v) is 3.92. The van der Waals surface area contributed by atoms with Crippen molar-refractivity contribution >= 4 is 5.91 Å². The zero-order valence-electron chi connectivity index (χ0n) is 12.6. The molecule has 2 nitrogen and oxygen atoms in total. The first kappa shape index (κ1) is 16.3. The molecule has 1 amide bonds. The zero-order valence-corrected chi connectivity index (χ0v) is 12.6. The van der Waals surface area contributed by atoms with Crippen LogP contribution in [0.2, 0.25) is 0 Å². The number of hydrogen-bond acceptors (Lipinski definition) is 1. The van der Waals surface area contributed by atoms with Crippen LogP contribution in [0.5, 0.6) is 0 Å². The Morgan fingerprint density at radius 2 is 1.84 bits per heavy atom. The molecule has 0 aromatic heterocycles. The van der Waals surface area contributed by atoms with Crippen molar-refractivity contribution in [1.29, 1.82) is 0 Å². The normalized spacial score (nSPS) is 20.5. The van der Waals surface area contributed by atoms with E-state index in [4.69, 9.17) is 0 Å². The molecule has 19 heavy (non-hydrogen) atoms. The average molecular weight is 265 g/mol. The van der Waals surface area contributed by atoms with Crippen molar-refractivity contribution in [2.75, 3.05) is 6.54 Å². The van der Waals surface area contributed by atoms with E-state index in [-0.39, 0.29) is 11.8 Å². The van der Waals surface area contributed by atoms with Gasteiger partial charge in [0.25, 0.3) is 0 Å². The van der Waals surface area contributed by atoms with E-state index in [1.54, 1.807) is 0 Å². The number of carbonyl (C=O) groups excluding carboxylic acids is 1. The number of nitrogens with one attached hydrogen (secondary N) is 1. The molecule has 0 radical (unpaired) electrons. The molecule has 0 aliphatic carbocycles. The highest BCUT2D eigenvalue weighted by Gasteiger charge is 2.16. The molecule has 110 valence electrons. The average Bonchev–Trinajstić information content (AvgIpc) is 2.62. The fourth-order valence-corrected chi connectivity index (χ4v) is 2.63. The molecule has 2 heteroatoms. The molecular weight excluding hydrogens is 234 g/mol. The Bertz CT molecular complexity index is 260. The summed E-state index contributed by atoms with van der Waals surface area (Å²) in [7, 11) is 0. The third kappa shape index (κ3) is 8.07. The maximum atomic E-state index is 11.7. The van der Waals surface area contributed by atoms with Crippen molar-refractivity contribution in [3.8, 4) is 0 Å². The number of rotatable bonds is 9. The van der Waals surface area contributed by atoms with Gasteiger partial charge in [-0.05, 0) is 25.7 Å². The standard InChI is InChI=1S/C17H31NO/c1-2-3-4-5-6-7-8-9-10-13-16-14-11-12-15-18-17(16)19/h10,13,16H,2-9,11-12,14-15H2,1H3,(H,18,19). The lowest BCUT2D eigenvalue weighted by Crippen LogP contribution is -2.27. The summed E-state index contributed by atoms with van der Waals surface area (Å²) in [6, 6.07) is 0. The van der Waals surface area contributed by atoms with Gasteiger partial charge in [-0.3, -0.25) is 4.79 Å².